The molecule has 1 aromatic heterocycles. The van der Waals surface area contributed by atoms with Gasteiger partial charge in [0.1, 0.15) is 5.56 Å². The van der Waals surface area contributed by atoms with E-state index in [1.54, 1.807) is 0 Å². The number of nitrogens with two attached hydrogens (primary N) is 1. The van der Waals surface area contributed by atoms with E-state index in [0.29, 0.717) is 5.69 Å². The van der Waals surface area contributed by atoms with E-state index in [9.17, 15) is 9.90 Å². The third kappa shape index (κ3) is 2.41. The number of anilines is 1. The molecule has 0 atom stereocenters. The minimum absolute atomic E-state index is 0.00394. The molecule has 0 bridgehead atoms. The minimum atomic E-state index is -1.01. The second kappa shape index (κ2) is 4.71. The van der Waals surface area contributed by atoms with Crippen molar-refractivity contribution in [1.82, 2.24) is 4.98 Å². The van der Waals surface area contributed by atoms with Crippen LogP contribution in [0.25, 0.3) is 11.3 Å². The van der Waals surface area contributed by atoms with Crippen LogP contribution in [0.2, 0.25) is 0 Å². The molecule has 0 unspecified atom stereocenters. The van der Waals surface area contributed by atoms with Crippen molar-refractivity contribution in [3.63, 3.8) is 0 Å². The van der Waals surface area contributed by atoms with Crippen molar-refractivity contribution in [1.29, 1.82) is 0 Å². The Morgan fingerprint density at radius 1 is 1.30 bits per heavy atom. The fourth-order valence-electron chi connectivity index (χ4n) is 2.24. The highest BCUT2D eigenvalue weighted by Crippen LogP contribution is 2.33. The molecule has 0 amide bonds. The molecule has 106 valence electrons. The standard InChI is InChI=1S/C16H20N2O2/c1-9-5-6-10(16(2,3)4)7-11(9)14-13(15(19)20)12(17)8-18-14/h5-8,18H,17H2,1-4H3,(H,19,20). The number of aromatic amines is 1. The summed E-state index contributed by atoms with van der Waals surface area (Å²) in [6, 6.07) is 6.12. The molecule has 0 radical (unpaired) electrons. The monoisotopic (exact) mass is 272 g/mol. The van der Waals surface area contributed by atoms with Gasteiger partial charge >= 0.3 is 5.97 Å². The average molecular weight is 272 g/mol. The molecule has 0 fully saturated rings. The molecule has 0 aliphatic rings. The molecule has 0 saturated carbocycles. The van der Waals surface area contributed by atoms with Crippen LogP contribution in [0.15, 0.2) is 24.4 Å². The number of H-pyrrole nitrogens is 1. The van der Waals surface area contributed by atoms with Gasteiger partial charge < -0.3 is 15.8 Å². The molecular weight excluding hydrogens is 252 g/mol. The Morgan fingerprint density at radius 3 is 2.50 bits per heavy atom. The second-order valence-electron chi connectivity index (χ2n) is 6.08. The van der Waals surface area contributed by atoms with Crippen LogP contribution in [0.1, 0.15) is 42.3 Å². The number of aromatic nitrogens is 1. The molecule has 4 N–H and O–H groups in total. The van der Waals surface area contributed by atoms with E-state index < -0.39 is 5.97 Å². The van der Waals surface area contributed by atoms with Crippen LogP contribution >= 0.6 is 0 Å². The van der Waals surface area contributed by atoms with Gasteiger partial charge in [-0.2, -0.15) is 0 Å². The fraction of sp³-hybridized carbons (Fsp3) is 0.312. The number of aromatic carboxylic acids is 1. The van der Waals surface area contributed by atoms with Crippen molar-refractivity contribution in [3.8, 4) is 11.3 Å². The van der Waals surface area contributed by atoms with Gasteiger partial charge in [0, 0.05) is 11.8 Å². The van der Waals surface area contributed by atoms with E-state index in [1.807, 2.05) is 19.1 Å². The van der Waals surface area contributed by atoms with E-state index in [-0.39, 0.29) is 16.7 Å². The molecule has 0 spiro atoms. The van der Waals surface area contributed by atoms with Crippen LogP contribution in [0, 0.1) is 6.92 Å². The summed E-state index contributed by atoms with van der Waals surface area (Å²) >= 11 is 0. The second-order valence-corrected chi connectivity index (χ2v) is 6.08. The number of carboxylic acids is 1. The van der Waals surface area contributed by atoms with Gasteiger partial charge in [0.05, 0.1) is 11.4 Å². The van der Waals surface area contributed by atoms with E-state index in [2.05, 4.69) is 31.8 Å². The number of benzene rings is 1. The van der Waals surface area contributed by atoms with Gasteiger partial charge in [0.15, 0.2) is 0 Å². The summed E-state index contributed by atoms with van der Waals surface area (Å²) in [4.78, 5) is 14.4. The lowest BCUT2D eigenvalue weighted by molar-refractivity contribution is 0.0699. The molecule has 4 nitrogen and oxygen atoms in total. The maximum atomic E-state index is 11.4. The van der Waals surface area contributed by atoms with Crippen molar-refractivity contribution < 1.29 is 9.90 Å². The summed E-state index contributed by atoms with van der Waals surface area (Å²) < 4.78 is 0. The Hall–Kier alpha value is -2.23. The lowest BCUT2D eigenvalue weighted by Gasteiger charge is -2.20. The summed E-state index contributed by atoms with van der Waals surface area (Å²) in [5.74, 6) is -1.01. The molecule has 0 saturated heterocycles. The topological polar surface area (TPSA) is 79.1 Å². The molecule has 0 aliphatic heterocycles. The Labute approximate surface area is 118 Å². The zero-order valence-electron chi connectivity index (χ0n) is 12.2. The Balaban J connectivity index is 2.67. The number of aryl methyl sites for hydroxylation is 1. The first-order valence-corrected chi connectivity index (χ1v) is 6.53. The molecule has 1 aromatic carbocycles. The van der Waals surface area contributed by atoms with Gasteiger partial charge in [-0.05, 0) is 29.5 Å². The first kappa shape index (κ1) is 14.2. The zero-order chi connectivity index (χ0) is 15.1. The highest BCUT2D eigenvalue weighted by atomic mass is 16.4. The quantitative estimate of drug-likeness (QED) is 0.782. The number of hydrogen-bond donors (Lipinski definition) is 3. The van der Waals surface area contributed by atoms with Gasteiger partial charge in [0.2, 0.25) is 0 Å². The van der Waals surface area contributed by atoms with Crippen LogP contribution in [0.3, 0.4) is 0 Å². The minimum Gasteiger partial charge on any atom is -0.478 e. The van der Waals surface area contributed by atoms with E-state index >= 15 is 0 Å². The molecular formula is C16H20N2O2. The Bertz CT molecular complexity index is 664. The third-order valence-electron chi connectivity index (χ3n) is 3.50. The van der Waals surface area contributed by atoms with Crippen LogP contribution in [0.4, 0.5) is 5.69 Å². The van der Waals surface area contributed by atoms with E-state index in [0.717, 1.165) is 16.7 Å². The highest BCUT2D eigenvalue weighted by molar-refractivity contribution is 6.01. The number of nitrogen functional groups attached to an aromatic ring is 1. The zero-order valence-corrected chi connectivity index (χ0v) is 12.2. The van der Waals surface area contributed by atoms with Crippen LogP contribution in [-0.4, -0.2) is 16.1 Å². The predicted octanol–water partition coefficient (Wildman–Crippen LogP) is 3.57. The lowest BCUT2D eigenvalue weighted by atomic mass is 9.84. The highest BCUT2D eigenvalue weighted by Gasteiger charge is 2.21. The molecule has 1 heterocycles. The number of hydrogen-bond acceptors (Lipinski definition) is 2. The number of rotatable bonds is 2. The molecule has 2 aromatic rings. The smallest absolute Gasteiger partial charge is 0.340 e. The summed E-state index contributed by atoms with van der Waals surface area (Å²) in [6.45, 7) is 8.35. The van der Waals surface area contributed by atoms with Crippen molar-refractivity contribution >= 4 is 11.7 Å². The predicted molar refractivity (Wildman–Crippen MR) is 81.0 cm³/mol. The van der Waals surface area contributed by atoms with Crippen molar-refractivity contribution in [2.24, 2.45) is 0 Å². The largest absolute Gasteiger partial charge is 0.478 e. The molecule has 0 aliphatic carbocycles. The average Bonchev–Trinajstić information content (AvgIpc) is 2.70. The van der Waals surface area contributed by atoms with Crippen LogP contribution in [0.5, 0.6) is 0 Å². The molecule has 20 heavy (non-hydrogen) atoms. The summed E-state index contributed by atoms with van der Waals surface area (Å²) in [6.07, 6.45) is 1.53. The summed E-state index contributed by atoms with van der Waals surface area (Å²) in [7, 11) is 0. The van der Waals surface area contributed by atoms with Crippen molar-refractivity contribution in [2.45, 2.75) is 33.1 Å². The van der Waals surface area contributed by atoms with Gasteiger partial charge in [0.25, 0.3) is 0 Å². The van der Waals surface area contributed by atoms with Crippen LogP contribution in [-0.2, 0) is 5.41 Å². The fourth-order valence-corrected chi connectivity index (χ4v) is 2.24. The lowest BCUT2D eigenvalue weighted by Crippen LogP contribution is -2.11. The van der Waals surface area contributed by atoms with Gasteiger partial charge in [-0.1, -0.05) is 32.9 Å². The third-order valence-corrected chi connectivity index (χ3v) is 3.50. The van der Waals surface area contributed by atoms with Crippen molar-refractivity contribution in [2.75, 3.05) is 5.73 Å². The number of carboxylic acid groups (broad SMARTS) is 1. The van der Waals surface area contributed by atoms with Crippen molar-refractivity contribution in [3.05, 3.63) is 41.1 Å². The van der Waals surface area contributed by atoms with E-state index in [4.69, 9.17) is 5.73 Å². The maximum Gasteiger partial charge on any atom is 0.340 e. The Kier molecular flexibility index (Phi) is 3.34. The van der Waals surface area contributed by atoms with Gasteiger partial charge in [-0.25, -0.2) is 4.79 Å². The normalized spacial score (nSPS) is 11.6. The first-order valence-electron chi connectivity index (χ1n) is 6.53. The first-order chi connectivity index (χ1) is 9.21. The van der Waals surface area contributed by atoms with Gasteiger partial charge in [-0.3, -0.25) is 0 Å². The summed E-state index contributed by atoms with van der Waals surface area (Å²) in [5.41, 5.74) is 9.76. The maximum absolute atomic E-state index is 11.4. The Morgan fingerprint density at radius 2 is 1.95 bits per heavy atom. The van der Waals surface area contributed by atoms with Crippen LogP contribution < -0.4 is 5.73 Å². The number of nitrogens with one attached hydrogen (secondary N) is 1. The molecule has 4 heteroatoms. The SMILES string of the molecule is Cc1ccc(C(C)(C)C)cc1-c1[nH]cc(N)c1C(=O)O. The summed E-state index contributed by atoms with van der Waals surface area (Å²) in [5, 5.41) is 9.32. The molecule has 2 rings (SSSR count). The van der Waals surface area contributed by atoms with E-state index in [1.165, 1.54) is 6.20 Å². The number of carbonyl (C=O) groups is 1. The van der Waals surface area contributed by atoms with Gasteiger partial charge in [-0.15, -0.1) is 0 Å².